The third-order valence-electron chi connectivity index (χ3n) is 5.75. The second-order valence-corrected chi connectivity index (χ2v) is 7.68. The lowest BCUT2D eigenvalue weighted by Crippen LogP contribution is -2.48. The topological polar surface area (TPSA) is 51.2 Å². The third kappa shape index (κ3) is 4.14. The Bertz CT molecular complexity index is 838. The molecule has 0 aromatic heterocycles. The maximum atomic E-state index is 12.7. The number of amides is 1. The van der Waals surface area contributed by atoms with Crippen LogP contribution in [-0.2, 0) is 20.8 Å². The molecular weight excluding hydrogens is 356 g/mol. The van der Waals surface area contributed by atoms with Crippen LogP contribution in [0.25, 0.3) is 10.8 Å². The van der Waals surface area contributed by atoms with Crippen molar-refractivity contribution in [2.45, 2.75) is 25.2 Å². The van der Waals surface area contributed by atoms with E-state index in [1.807, 2.05) is 19.2 Å². The number of hydrogen-bond acceptors (Lipinski definition) is 5. The average molecular weight is 384 g/mol. The van der Waals surface area contributed by atoms with Crippen LogP contribution in [0.1, 0.15) is 18.4 Å². The Labute approximate surface area is 166 Å². The van der Waals surface area contributed by atoms with Gasteiger partial charge < -0.3 is 19.1 Å². The number of carbonyl (C=O) groups excluding carboxylic acids is 1. The lowest BCUT2D eigenvalue weighted by molar-refractivity contribution is -0.186. The first kappa shape index (κ1) is 19.2. The predicted molar refractivity (Wildman–Crippen MR) is 107 cm³/mol. The molecule has 2 aliphatic rings. The SMILES string of the molecule is COc1ccc2cc(CN(C)C(=O)CN3CCC4(CC3)OCCO4)ccc2c1. The summed E-state index contributed by atoms with van der Waals surface area (Å²) in [7, 11) is 3.54. The van der Waals surface area contributed by atoms with Gasteiger partial charge in [0.05, 0.1) is 26.9 Å². The van der Waals surface area contributed by atoms with Crippen LogP contribution in [-0.4, -0.2) is 68.5 Å². The molecule has 2 aromatic carbocycles. The molecular formula is C22H28N2O4. The highest BCUT2D eigenvalue weighted by Gasteiger charge is 2.40. The van der Waals surface area contributed by atoms with E-state index in [0.717, 1.165) is 48.0 Å². The van der Waals surface area contributed by atoms with E-state index in [0.29, 0.717) is 26.3 Å². The molecule has 0 unspecified atom stereocenters. The van der Waals surface area contributed by atoms with Gasteiger partial charge in [-0.25, -0.2) is 0 Å². The zero-order valence-electron chi connectivity index (χ0n) is 16.6. The number of benzene rings is 2. The fourth-order valence-electron chi connectivity index (χ4n) is 4.01. The van der Waals surface area contributed by atoms with Gasteiger partial charge in [0.25, 0.3) is 0 Å². The lowest BCUT2D eigenvalue weighted by atomic mass is 10.0. The quantitative estimate of drug-likeness (QED) is 0.793. The molecule has 0 bridgehead atoms. The first-order valence-corrected chi connectivity index (χ1v) is 9.88. The maximum Gasteiger partial charge on any atom is 0.236 e. The molecule has 2 fully saturated rings. The van der Waals surface area contributed by atoms with Gasteiger partial charge in [-0.05, 0) is 34.5 Å². The highest BCUT2D eigenvalue weighted by Crippen LogP contribution is 2.31. The Balaban J connectivity index is 1.32. The summed E-state index contributed by atoms with van der Waals surface area (Å²) in [5, 5.41) is 2.28. The second-order valence-electron chi connectivity index (χ2n) is 7.68. The molecule has 28 heavy (non-hydrogen) atoms. The molecule has 0 radical (unpaired) electrons. The van der Waals surface area contributed by atoms with Gasteiger partial charge in [0.1, 0.15) is 5.75 Å². The standard InChI is InChI=1S/C22H28N2O4/c1-23(15-17-3-4-19-14-20(26-2)6-5-18(19)13-17)21(25)16-24-9-7-22(8-10-24)27-11-12-28-22/h3-6,13-14H,7-12,15-16H2,1-2H3. The van der Waals surface area contributed by atoms with Crippen LogP contribution in [0.2, 0.25) is 0 Å². The largest absolute Gasteiger partial charge is 0.497 e. The number of fused-ring (bicyclic) bond motifs is 1. The molecule has 4 rings (SSSR count). The summed E-state index contributed by atoms with van der Waals surface area (Å²) in [5.74, 6) is 0.600. The number of rotatable bonds is 5. The van der Waals surface area contributed by atoms with Crippen molar-refractivity contribution in [3.05, 3.63) is 42.0 Å². The smallest absolute Gasteiger partial charge is 0.236 e. The van der Waals surface area contributed by atoms with Crippen molar-refractivity contribution in [1.82, 2.24) is 9.80 Å². The van der Waals surface area contributed by atoms with E-state index in [-0.39, 0.29) is 11.7 Å². The van der Waals surface area contributed by atoms with Gasteiger partial charge in [-0.2, -0.15) is 0 Å². The number of nitrogens with zero attached hydrogens (tertiary/aromatic N) is 2. The Morgan fingerprint density at radius 3 is 2.50 bits per heavy atom. The van der Waals surface area contributed by atoms with Crippen LogP contribution in [0.15, 0.2) is 36.4 Å². The highest BCUT2D eigenvalue weighted by molar-refractivity contribution is 5.84. The van der Waals surface area contributed by atoms with Gasteiger partial charge in [0.15, 0.2) is 5.79 Å². The minimum Gasteiger partial charge on any atom is -0.497 e. The number of likely N-dealkylation sites (tertiary alicyclic amines) is 1. The maximum absolute atomic E-state index is 12.7. The molecule has 0 saturated carbocycles. The Kier molecular flexibility index (Phi) is 5.53. The minimum absolute atomic E-state index is 0.138. The molecule has 2 heterocycles. The molecule has 0 N–H and O–H groups in total. The van der Waals surface area contributed by atoms with Gasteiger partial charge in [0.2, 0.25) is 5.91 Å². The van der Waals surface area contributed by atoms with E-state index in [9.17, 15) is 4.79 Å². The van der Waals surface area contributed by atoms with Crippen molar-refractivity contribution in [1.29, 1.82) is 0 Å². The van der Waals surface area contributed by atoms with Crippen molar-refractivity contribution < 1.29 is 19.0 Å². The average Bonchev–Trinajstić information content (AvgIpc) is 3.17. The van der Waals surface area contributed by atoms with Gasteiger partial charge in [-0.1, -0.05) is 18.2 Å². The molecule has 0 atom stereocenters. The Hall–Kier alpha value is -2.15. The number of ether oxygens (including phenoxy) is 3. The summed E-state index contributed by atoms with van der Waals surface area (Å²) in [6.07, 6.45) is 1.66. The number of piperidine rings is 1. The number of carbonyl (C=O) groups is 1. The zero-order valence-corrected chi connectivity index (χ0v) is 16.6. The first-order valence-electron chi connectivity index (χ1n) is 9.88. The molecule has 6 heteroatoms. The lowest BCUT2D eigenvalue weighted by Gasteiger charge is -2.37. The predicted octanol–water partition coefficient (Wildman–Crippen LogP) is 2.65. The van der Waals surface area contributed by atoms with Gasteiger partial charge in [0, 0.05) is 39.5 Å². The summed E-state index contributed by atoms with van der Waals surface area (Å²) < 4.78 is 16.8. The molecule has 2 aliphatic heterocycles. The number of methoxy groups -OCH3 is 1. The molecule has 1 spiro atoms. The third-order valence-corrected chi connectivity index (χ3v) is 5.75. The summed E-state index contributed by atoms with van der Waals surface area (Å²) >= 11 is 0. The number of likely N-dealkylation sites (N-methyl/N-ethyl adjacent to an activating group) is 1. The minimum atomic E-state index is -0.390. The van der Waals surface area contributed by atoms with E-state index in [1.165, 1.54) is 0 Å². The summed E-state index contributed by atoms with van der Waals surface area (Å²) in [5.41, 5.74) is 1.12. The molecule has 2 saturated heterocycles. The fraction of sp³-hybridized carbons (Fsp3) is 0.500. The summed E-state index contributed by atoms with van der Waals surface area (Å²) in [6.45, 7) is 4.07. The second kappa shape index (κ2) is 8.07. The Morgan fingerprint density at radius 2 is 1.79 bits per heavy atom. The molecule has 6 nitrogen and oxygen atoms in total. The van der Waals surface area contributed by atoms with Crippen molar-refractivity contribution >= 4 is 16.7 Å². The van der Waals surface area contributed by atoms with E-state index in [4.69, 9.17) is 14.2 Å². The van der Waals surface area contributed by atoms with Crippen LogP contribution in [0.3, 0.4) is 0 Å². The molecule has 0 aliphatic carbocycles. The fourth-order valence-corrected chi connectivity index (χ4v) is 4.01. The normalized spacial score (nSPS) is 19.2. The van der Waals surface area contributed by atoms with E-state index < -0.39 is 0 Å². The van der Waals surface area contributed by atoms with Crippen LogP contribution in [0, 0.1) is 0 Å². The van der Waals surface area contributed by atoms with Crippen molar-refractivity contribution in [3.8, 4) is 5.75 Å². The van der Waals surface area contributed by atoms with Crippen molar-refractivity contribution in [2.24, 2.45) is 0 Å². The summed E-state index contributed by atoms with van der Waals surface area (Å²) in [4.78, 5) is 16.7. The van der Waals surface area contributed by atoms with Crippen molar-refractivity contribution in [3.63, 3.8) is 0 Å². The van der Waals surface area contributed by atoms with E-state index in [1.54, 1.807) is 12.0 Å². The van der Waals surface area contributed by atoms with Gasteiger partial charge in [-0.15, -0.1) is 0 Å². The highest BCUT2D eigenvalue weighted by atomic mass is 16.7. The van der Waals surface area contributed by atoms with Crippen LogP contribution >= 0.6 is 0 Å². The van der Waals surface area contributed by atoms with Gasteiger partial charge >= 0.3 is 0 Å². The first-order chi connectivity index (χ1) is 13.6. The van der Waals surface area contributed by atoms with Crippen molar-refractivity contribution in [2.75, 3.05) is 47.0 Å². The number of hydrogen-bond donors (Lipinski definition) is 0. The summed E-state index contributed by atoms with van der Waals surface area (Å²) in [6, 6.07) is 12.3. The molecule has 1 amide bonds. The monoisotopic (exact) mass is 384 g/mol. The zero-order chi connectivity index (χ0) is 19.6. The van der Waals surface area contributed by atoms with E-state index in [2.05, 4.69) is 29.2 Å². The Morgan fingerprint density at radius 1 is 1.11 bits per heavy atom. The van der Waals surface area contributed by atoms with Crippen LogP contribution < -0.4 is 4.74 Å². The van der Waals surface area contributed by atoms with Gasteiger partial charge in [-0.3, -0.25) is 9.69 Å². The van der Waals surface area contributed by atoms with Crippen LogP contribution in [0.4, 0.5) is 0 Å². The van der Waals surface area contributed by atoms with E-state index >= 15 is 0 Å². The van der Waals surface area contributed by atoms with Crippen LogP contribution in [0.5, 0.6) is 5.75 Å². The molecule has 150 valence electrons. The molecule has 2 aromatic rings.